The molecule has 1 aliphatic rings. The zero-order chi connectivity index (χ0) is 21.3. The van der Waals surface area contributed by atoms with E-state index < -0.39 is 22.7 Å². The van der Waals surface area contributed by atoms with E-state index in [-0.39, 0.29) is 35.6 Å². The number of carbonyl (C=O) groups is 2. The average Bonchev–Trinajstić information content (AvgIpc) is 2.98. The van der Waals surface area contributed by atoms with Crippen molar-refractivity contribution in [2.45, 2.75) is 13.2 Å². The van der Waals surface area contributed by atoms with Gasteiger partial charge in [0.25, 0.3) is 22.7 Å². The summed E-state index contributed by atoms with van der Waals surface area (Å²) in [4.78, 5) is 26.2. The van der Waals surface area contributed by atoms with Gasteiger partial charge in [-0.05, 0) is 23.8 Å². The maximum Gasteiger partial charge on any atom is 0.279 e. The van der Waals surface area contributed by atoms with Crippen molar-refractivity contribution in [3.05, 3.63) is 95.1 Å². The average molecular weight is 413 g/mol. The number of quaternary nitrogens is 1. The Morgan fingerprint density at radius 3 is 2.00 bits per heavy atom. The Morgan fingerprint density at radius 2 is 1.40 bits per heavy atom. The third-order valence-electron chi connectivity index (χ3n) is 4.78. The summed E-state index contributed by atoms with van der Waals surface area (Å²) in [5, 5.41) is -3.88. The van der Waals surface area contributed by atoms with E-state index in [1.807, 2.05) is 30.3 Å². The Kier molecular flexibility index (Phi) is 5.01. The molecular formula is C22H16F3N2O3+. The predicted octanol–water partition coefficient (Wildman–Crippen LogP) is 5.02. The number of fused-ring (bicyclic) bond motifs is 1. The largest absolute Gasteiger partial charge is 0.489 e. The molecule has 0 radical (unpaired) electrons. The maximum absolute atomic E-state index is 13.2. The quantitative estimate of drug-likeness (QED) is 0.421. The Morgan fingerprint density at radius 1 is 0.800 bits per heavy atom. The van der Waals surface area contributed by atoms with Crippen LogP contribution in [0.1, 0.15) is 31.8 Å². The normalized spacial score (nSPS) is 13.5. The molecule has 0 spiro atoms. The van der Waals surface area contributed by atoms with Crippen LogP contribution in [0.5, 0.6) is 5.75 Å². The number of benzene rings is 3. The molecule has 0 N–H and O–H groups in total. The van der Waals surface area contributed by atoms with Crippen LogP contribution in [-0.2, 0) is 13.2 Å². The van der Waals surface area contributed by atoms with Crippen molar-refractivity contribution < 1.29 is 27.8 Å². The fourth-order valence-electron chi connectivity index (χ4n) is 3.28. The number of nitrogens with zero attached hydrogens (tertiary/aromatic N) is 2. The summed E-state index contributed by atoms with van der Waals surface area (Å²) in [6.07, 6.45) is 0. The Labute approximate surface area is 169 Å². The highest BCUT2D eigenvalue weighted by atomic mass is 19.6. The lowest BCUT2D eigenvalue weighted by atomic mass is 10.1. The summed E-state index contributed by atoms with van der Waals surface area (Å²) in [5.41, 5.74) is 0.455. The minimum atomic E-state index is -3.88. The molecule has 1 heterocycles. The molecule has 2 amide bonds. The first-order chi connectivity index (χ1) is 14.3. The lowest BCUT2D eigenvalue weighted by molar-refractivity contribution is -0.279. The fraction of sp³-hybridized carbons (Fsp3) is 0.0909. The molecule has 5 nitrogen and oxygen atoms in total. The summed E-state index contributed by atoms with van der Waals surface area (Å²) < 4.78 is 45.3. The molecule has 0 unspecified atom stereocenters. The summed E-state index contributed by atoms with van der Waals surface area (Å²) in [6, 6.07) is 18.4. The van der Waals surface area contributed by atoms with Gasteiger partial charge in [-0.15, -0.1) is 0 Å². The molecular weight excluding hydrogens is 397 g/mol. The first-order valence-electron chi connectivity index (χ1n) is 9.08. The van der Waals surface area contributed by atoms with Gasteiger partial charge in [0.1, 0.15) is 12.4 Å². The van der Waals surface area contributed by atoms with Gasteiger partial charge in [-0.3, -0.25) is 14.5 Å². The molecule has 0 saturated heterocycles. The second kappa shape index (κ2) is 7.64. The number of ether oxygens (including phenoxy) is 1. The van der Waals surface area contributed by atoms with E-state index in [9.17, 15) is 23.0 Å². The molecule has 152 valence electrons. The molecule has 0 saturated carbocycles. The number of amides is 2. The molecule has 0 aliphatic carbocycles. The molecule has 0 bridgehead atoms. The SMILES string of the molecule is O=C1c2ccccc2C(=O)N1Cc1cc([N+](F)(F)F)ccc1OCc1ccccc1. The van der Waals surface area contributed by atoms with Crippen LogP contribution in [0.4, 0.5) is 19.1 Å². The summed E-state index contributed by atoms with van der Waals surface area (Å²) >= 11 is 0. The van der Waals surface area contributed by atoms with Crippen molar-refractivity contribution in [2.24, 2.45) is 0 Å². The topological polar surface area (TPSA) is 46.6 Å². The number of rotatable bonds is 6. The van der Waals surface area contributed by atoms with Crippen molar-refractivity contribution in [2.75, 3.05) is 0 Å². The van der Waals surface area contributed by atoms with Gasteiger partial charge < -0.3 is 4.74 Å². The smallest absolute Gasteiger partial charge is 0.279 e. The minimum Gasteiger partial charge on any atom is -0.489 e. The van der Waals surface area contributed by atoms with Crippen LogP contribution >= 0.6 is 0 Å². The van der Waals surface area contributed by atoms with E-state index in [4.69, 9.17) is 4.74 Å². The lowest BCUT2D eigenvalue weighted by Crippen LogP contribution is -2.29. The molecule has 30 heavy (non-hydrogen) atoms. The molecule has 4 rings (SSSR count). The van der Waals surface area contributed by atoms with Crippen LogP contribution < -0.4 is 9.89 Å². The maximum atomic E-state index is 13.2. The van der Waals surface area contributed by atoms with Crippen molar-refractivity contribution in [3.8, 4) is 5.75 Å². The van der Waals surface area contributed by atoms with Crippen molar-refractivity contribution in [1.82, 2.24) is 10.0 Å². The number of carbonyl (C=O) groups excluding carboxylic acids is 2. The van der Waals surface area contributed by atoms with Gasteiger partial charge in [0.05, 0.1) is 31.1 Å². The third kappa shape index (κ3) is 3.77. The molecule has 3 aromatic carbocycles. The fourth-order valence-corrected chi connectivity index (χ4v) is 3.28. The zero-order valence-electron chi connectivity index (χ0n) is 15.6. The molecule has 3 aromatic rings. The van der Waals surface area contributed by atoms with Crippen molar-refractivity contribution >= 4 is 17.5 Å². The van der Waals surface area contributed by atoms with Crippen LogP contribution in [0, 0.1) is 0 Å². The van der Waals surface area contributed by atoms with E-state index in [1.54, 1.807) is 12.1 Å². The number of hydrogen-bond donors (Lipinski definition) is 0. The van der Waals surface area contributed by atoms with Gasteiger partial charge in [-0.1, -0.05) is 42.5 Å². The van der Waals surface area contributed by atoms with Crippen molar-refractivity contribution in [3.63, 3.8) is 0 Å². The van der Waals surface area contributed by atoms with Gasteiger partial charge in [-0.2, -0.15) is 0 Å². The highest BCUT2D eigenvalue weighted by molar-refractivity contribution is 6.21. The van der Waals surface area contributed by atoms with E-state index in [0.717, 1.165) is 22.6 Å². The van der Waals surface area contributed by atoms with Gasteiger partial charge in [0.2, 0.25) is 0 Å². The number of imide groups is 1. The van der Waals surface area contributed by atoms with Crippen LogP contribution in [0.2, 0.25) is 0 Å². The predicted molar refractivity (Wildman–Crippen MR) is 103 cm³/mol. The van der Waals surface area contributed by atoms with Crippen LogP contribution in [0.3, 0.4) is 0 Å². The second-order valence-electron chi connectivity index (χ2n) is 6.75. The Hall–Kier alpha value is -3.65. The van der Waals surface area contributed by atoms with Crippen molar-refractivity contribution in [1.29, 1.82) is 0 Å². The number of hydrogen-bond acceptors (Lipinski definition) is 3. The molecule has 0 fully saturated rings. The minimum absolute atomic E-state index is 0.0911. The first kappa shape index (κ1) is 19.7. The third-order valence-corrected chi connectivity index (χ3v) is 4.78. The summed E-state index contributed by atoms with van der Waals surface area (Å²) in [5.74, 6) is -0.916. The van der Waals surface area contributed by atoms with E-state index in [0.29, 0.717) is 0 Å². The van der Waals surface area contributed by atoms with Gasteiger partial charge in [0.15, 0.2) is 0 Å². The van der Waals surface area contributed by atoms with Crippen LogP contribution in [0.25, 0.3) is 0 Å². The highest BCUT2D eigenvalue weighted by Gasteiger charge is 2.38. The Balaban J connectivity index is 1.65. The second-order valence-corrected chi connectivity index (χ2v) is 6.75. The standard InChI is InChI=1S/C22H16F3N2O3/c23-27(24,25)17-10-11-20(30-14-15-6-2-1-3-7-15)16(12-17)13-26-21(28)18-8-4-5-9-19(18)22(26)29/h1-12H,13-14H2/q+1. The molecule has 8 heteroatoms. The zero-order valence-corrected chi connectivity index (χ0v) is 15.6. The van der Waals surface area contributed by atoms with Gasteiger partial charge in [-0.25, -0.2) is 0 Å². The van der Waals surface area contributed by atoms with Gasteiger partial charge >= 0.3 is 0 Å². The molecule has 0 aromatic heterocycles. The van der Waals surface area contributed by atoms with E-state index in [2.05, 4.69) is 0 Å². The molecule has 0 atom stereocenters. The summed E-state index contributed by atoms with van der Waals surface area (Å²) in [7, 11) is 0. The van der Waals surface area contributed by atoms with E-state index >= 15 is 0 Å². The lowest BCUT2D eigenvalue weighted by Gasteiger charge is -2.17. The number of halogens is 3. The first-order valence-corrected chi connectivity index (χ1v) is 9.08. The van der Waals surface area contributed by atoms with E-state index in [1.165, 1.54) is 18.2 Å². The summed E-state index contributed by atoms with van der Waals surface area (Å²) in [6.45, 7) is -0.194. The van der Waals surface area contributed by atoms with Gasteiger partial charge in [0, 0.05) is 17.7 Å². The highest BCUT2D eigenvalue weighted by Crippen LogP contribution is 2.34. The molecule has 1 aliphatic heterocycles. The monoisotopic (exact) mass is 413 g/mol. The Bertz CT molecular complexity index is 1080. The van der Waals surface area contributed by atoms with Crippen LogP contribution in [-0.4, -0.2) is 16.7 Å². The van der Waals surface area contributed by atoms with Crippen LogP contribution in [0.15, 0.2) is 72.8 Å².